The second-order valence-corrected chi connectivity index (χ2v) is 9.00. The molecule has 4 rings (SSSR count). The van der Waals surface area contributed by atoms with Gasteiger partial charge in [-0.2, -0.15) is 13.2 Å². The van der Waals surface area contributed by atoms with E-state index in [9.17, 15) is 22.4 Å². The number of nitrogens with zero attached hydrogens (tertiary/aromatic N) is 2. The van der Waals surface area contributed by atoms with Crippen LogP contribution in [0, 0.1) is 5.82 Å². The zero-order valence-corrected chi connectivity index (χ0v) is 20.0. The zero-order chi connectivity index (χ0) is 25.2. The van der Waals surface area contributed by atoms with Crippen LogP contribution in [0.4, 0.5) is 17.6 Å². The highest BCUT2D eigenvalue weighted by Gasteiger charge is 2.30. The summed E-state index contributed by atoms with van der Waals surface area (Å²) >= 11 is 7.10. The van der Waals surface area contributed by atoms with E-state index in [1.54, 1.807) is 37.3 Å². The van der Waals surface area contributed by atoms with Gasteiger partial charge in [-0.05, 0) is 60.5 Å². The van der Waals surface area contributed by atoms with Gasteiger partial charge in [-0.25, -0.2) is 14.2 Å². The maximum Gasteiger partial charge on any atom is 0.416 e. The minimum atomic E-state index is -4.42. The first-order valence-corrected chi connectivity index (χ1v) is 11.9. The van der Waals surface area contributed by atoms with Crippen molar-refractivity contribution >= 4 is 40.4 Å². The summed E-state index contributed by atoms with van der Waals surface area (Å²) in [6, 6.07) is 14.2. The van der Waals surface area contributed by atoms with Gasteiger partial charge >= 0.3 is 12.1 Å². The molecule has 0 radical (unpaired) electrons. The Kier molecular flexibility index (Phi) is 7.37. The number of ether oxygens (including phenoxy) is 1. The van der Waals surface area contributed by atoms with Crippen LogP contribution in [0.1, 0.15) is 34.0 Å². The standard InChI is InChI=1S/C25H19ClF4N2O2S/c1-2-34-23(33)16-6-10-22-21(11-16)31-24(35-14-17-5-9-19(26)12-20(17)27)32(22)13-15-3-7-18(8-4-15)25(28,29)30/h3-12H,2,13-14H2,1H3. The molecular weight excluding hydrogens is 504 g/mol. The first-order valence-electron chi connectivity index (χ1n) is 10.6. The lowest BCUT2D eigenvalue weighted by Crippen LogP contribution is -2.06. The van der Waals surface area contributed by atoms with Crippen molar-refractivity contribution in [1.82, 2.24) is 9.55 Å². The van der Waals surface area contributed by atoms with Gasteiger partial charge in [0, 0.05) is 10.8 Å². The molecule has 0 fully saturated rings. The molecule has 4 aromatic rings. The Bertz CT molecular complexity index is 1370. The second-order valence-electron chi connectivity index (χ2n) is 7.62. The fourth-order valence-corrected chi connectivity index (χ4v) is 4.63. The molecule has 4 nitrogen and oxygen atoms in total. The maximum absolute atomic E-state index is 14.3. The molecule has 0 spiro atoms. The number of rotatable bonds is 7. The predicted octanol–water partition coefficient (Wildman–Crippen LogP) is 7.36. The molecular formula is C25H19ClF4N2O2S. The smallest absolute Gasteiger partial charge is 0.416 e. The van der Waals surface area contributed by atoms with E-state index >= 15 is 0 Å². The van der Waals surface area contributed by atoms with Gasteiger partial charge in [0.05, 0.1) is 35.3 Å². The van der Waals surface area contributed by atoms with Crippen LogP contribution >= 0.6 is 23.4 Å². The Morgan fingerprint density at radius 1 is 1.09 bits per heavy atom. The number of hydrogen-bond acceptors (Lipinski definition) is 4. The molecule has 182 valence electrons. The Morgan fingerprint density at radius 3 is 2.49 bits per heavy atom. The highest BCUT2D eigenvalue weighted by Crippen LogP contribution is 2.32. The summed E-state index contributed by atoms with van der Waals surface area (Å²) in [6.45, 7) is 2.17. The summed E-state index contributed by atoms with van der Waals surface area (Å²) in [4.78, 5) is 16.8. The van der Waals surface area contributed by atoms with E-state index in [2.05, 4.69) is 4.98 Å². The number of esters is 1. The topological polar surface area (TPSA) is 44.1 Å². The summed E-state index contributed by atoms with van der Waals surface area (Å²) in [6.07, 6.45) is -4.42. The lowest BCUT2D eigenvalue weighted by molar-refractivity contribution is -0.137. The molecule has 0 saturated carbocycles. The van der Waals surface area contributed by atoms with Crippen molar-refractivity contribution in [2.75, 3.05) is 6.61 Å². The van der Waals surface area contributed by atoms with Crippen LogP contribution < -0.4 is 0 Å². The van der Waals surface area contributed by atoms with Crippen LogP contribution in [0.2, 0.25) is 5.02 Å². The molecule has 0 saturated heterocycles. The number of imidazole rings is 1. The monoisotopic (exact) mass is 522 g/mol. The molecule has 1 aromatic heterocycles. The summed E-state index contributed by atoms with van der Waals surface area (Å²) in [5.41, 5.74) is 1.85. The lowest BCUT2D eigenvalue weighted by Gasteiger charge is -2.11. The van der Waals surface area contributed by atoms with Gasteiger partial charge in [-0.15, -0.1) is 0 Å². The van der Waals surface area contributed by atoms with E-state index in [0.717, 1.165) is 12.1 Å². The first-order chi connectivity index (χ1) is 16.7. The molecule has 0 amide bonds. The number of hydrogen-bond donors (Lipinski definition) is 0. The van der Waals surface area contributed by atoms with Gasteiger partial charge < -0.3 is 9.30 Å². The molecule has 0 bridgehead atoms. The van der Waals surface area contributed by atoms with E-state index in [-0.39, 0.29) is 23.9 Å². The Labute approximate surface area is 207 Å². The molecule has 0 aliphatic rings. The first kappa shape index (κ1) is 25.1. The van der Waals surface area contributed by atoms with Gasteiger partial charge in [-0.3, -0.25) is 0 Å². The fraction of sp³-hybridized carbons (Fsp3) is 0.200. The lowest BCUT2D eigenvalue weighted by atomic mass is 10.1. The van der Waals surface area contributed by atoms with Crippen molar-refractivity contribution < 1.29 is 27.1 Å². The molecule has 10 heteroatoms. The van der Waals surface area contributed by atoms with E-state index in [1.165, 1.54) is 30.0 Å². The molecule has 3 aromatic carbocycles. The molecule has 0 unspecified atom stereocenters. The number of alkyl halides is 3. The predicted molar refractivity (Wildman–Crippen MR) is 127 cm³/mol. The number of thioether (sulfide) groups is 1. The fourth-order valence-electron chi connectivity index (χ4n) is 3.47. The Balaban J connectivity index is 1.69. The number of aromatic nitrogens is 2. The largest absolute Gasteiger partial charge is 0.462 e. The molecule has 0 atom stereocenters. The van der Waals surface area contributed by atoms with Crippen LogP contribution in [-0.4, -0.2) is 22.1 Å². The number of benzene rings is 3. The molecule has 0 aliphatic carbocycles. The quantitative estimate of drug-likeness (QED) is 0.144. The molecule has 0 N–H and O–H groups in total. The third-order valence-corrected chi connectivity index (χ3v) is 6.48. The van der Waals surface area contributed by atoms with E-state index in [4.69, 9.17) is 16.3 Å². The van der Waals surface area contributed by atoms with Gasteiger partial charge in [0.1, 0.15) is 5.82 Å². The second kappa shape index (κ2) is 10.3. The average Bonchev–Trinajstić information content (AvgIpc) is 3.15. The number of fused-ring (bicyclic) bond motifs is 1. The van der Waals surface area contributed by atoms with Crippen molar-refractivity contribution in [3.05, 3.63) is 93.8 Å². The van der Waals surface area contributed by atoms with Gasteiger partial charge in [0.25, 0.3) is 0 Å². The summed E-state index contributed by atoms with van der Waals surface area (Å²) in [7, 11) is 0. The normalized spacial score (nSPS) is 11.7. The Morgan fingerprint density at radius 2 is 1.83 bits per heavy atom. The SMILES string of the molecule is CCOC(=O)c1ccc2c(c1)nc(SCc1ccc(Cl)cc1F)n2Cc1ccc(C(F)(F)F)cc1. The van der Waals surface area contributed by atoms with Crippen molar-refractivity contribution in [3.8, 4) is 0 Å². The van der Waals surface area contributed by atoms with Gasteiger partial charge in [-0.1, -0.05) is 41.6 Å². The number of halogens is 5. The van der Waals surface area contributed by atoms with Crippen LogP contribution in [0.15, 0.2) is 65.8 Å². The van der Waals surface area contributed by atoms with E-state index in [1.807, 2.05) is 4.57 Å². The Hall–Kier alpha value is -3.04. The van der Waals surface area contributed by atoms with E-state index in [0.29, 0.717) is 32.9 Å². The number of carbonyl (C=O) groups excluding carboxylic acids is 1. The van der Waals surface area contributed by atoms with Crippen molar-refractivity contribution in [2.45, 2.75) is 30.6 Å². The highest BCUT2D eigenvalue weighted by molar-refractivity contribution is 7.98. The molecule has 1 heterocycles. The third-order valence-electron chi connectivity index (χ3n) is 5.22. The summed E-state index contributed by atoms with van der Waals surface area (Å²) < 4.78 is 60.0. The van der Waals surface area contributed by atoms with Crippen molar-refractivity contribution in [3.63, 3.8) is 0 Å². The third kappa shape index (κ3) is 5.79. The zero-order valence-electron chi connectivity index (χ0n) is 18.4. The van der Waals surface area contributed by atoms with Crippen molar-refractivity contribution in [1.29, 1.82) is 0 Å². The van der Waals surface area contributed by atoms with Crippen LogP contribution in [0.25, 0.3) is 11.0 Å². The minimum Gasteiger partial charge on any atom is -0.462 e. The summed E-state index contributed by atoms with van der Waals surface area (Å²) in [5.74, 6) is -0.673. The maximum atomic E-state index is 14.3. The summed E-state index contributed by atoms with van der Waals surface area (Å²) in [5, 5.41) is 0.813. The van der Waals surface area contributed by atoms with Crippen LogP contribution in [0.5, 0.6) is 0 Å². The average molecular weight is 523 g/mol. The van der Waals surface area contributed by atoms with Gasteiger partial charge in [0.2, 0.25) is 0 Å². The number of carbonyl (C=O) groups is 1. The van der Waals surface area contributed by atoms with Crippen LogP contribution in [0.3, 0.4) is 0 Å². The highest BCUT2D eigenvalue weighted by atomic mass is 35.5. The van der Waals surface area contributed by atoms with Crippen LogP contribution in [-0.2, 0) is 23.2 Å². The molecule has 35 heavy (non-hydrogen) atoms. The minimum absolute atomic E-state index is 0.229. The van der Waals surface area contributed by atoms with Gasteiger partial charge in [0.15, 0.2) is 5.16 Å². The molecule has 0 aliphatic heterocycles. The van der Waals surface area contributed by atoms with Crippen molar-refractivity contribution in [2.24, 2.45) is 0 Å². The van der Waals surface area contributed by atoms with E-state index < -0.39 is 23.5 Å².